The summed E-state index contributed by atoms with van der Waals surface area (Å²) in [5, 5.41) is 0. The molecule has 0 aromatic heterocycles. The molecule has 0 radical (unpaired) electrons. The minimum Gasteiger partial charge on any atom is -0.337 e. The van der Waals surface area contributed by atoms with Gasteiger partial charge in [0.05, 0.1) is 0 Å². The molecule has 0 aromatic rings. The van der Waals surface area contributed by atoms with Crippen LogP contribution in [0.4, 0.5) is 0 Å². The molecule has 0 aliphatic rings. The van der Waals surface area contributed by atoms with Crippen LogP contribution in [0, 0.1) is 0 Å². The summed E-state index contributed by atoms with van der Waals surface area (Å²) in [5.41, 5.74) is 0. The Labute approximate surface area is 200 Å². The van der Waals surface area contributed by atoms with Crippen molar-refractivity contribution in [2.45, 2.75) is 169 Å². The van der Waals surface area contributed by atoms with Gasteiger partial charge in [0, 0.05) is 37.0 Å². The van der Waals surface area contributed by atoms with Gasteiger partial charge in [-0.15, -0.1) is 0 Å². The molecule has 0 saturated heterocycles. The summed E-state index contributed by atoms with van der Waals surface area (Å²) in [6.45, 7) is 17.3. The lowest BCUT2D eigenvalue weighted by atomic mass is 10.0. The Morgan fingerprint density at radius 2 is 0.688 bits per heavy atom. The van der Waals surface area contributed by atoms with E-state index in [1.807, 2.05) is 0 Å². The zero-order valence-electron chi connectivity index (χ0n) is 22.9. The van der Waals surface area contributed by atoms with Crippen LogP contribution in [0.25, 0.3) is 0 Å². The highest BCUT2D eigenvalue weighted by Gasteiger charge is 2.23. The highest BCUT2D eigenvalue weighted by Crippen LogP contribution is 2.18. The van der Waals surface area contributed by atoms with Crippen LogP contribution in [0.1, 0.15) is 145 Å². The van der Waals surface area contributed by atoms with E-state index < -0.39 is 0 Å². The zero-order valence-corrected chi connectivity index (χ0v) is 22.9. The van der Waals surface area contributed by atoms with E-state index in [-0.39, 0.29) is 0 Å². The van der Waals surface area contributed by atoms with Crippen LogP contribution in [-0.2, 0) is 9.59 Å². The number of hydrogen-bond donors (Lipinski definition) is 0. The van der Waals surface area contributed by atoms with Gasteiger partial charge in [-0.05, 0) is 66.2 Å². The smallest absolute Gasteiger partial charge is 0.223 e. The highest BCUT2D eigenvalue weighted by atomic mass is 16.2. The van der Waals surface area contributed by atoms with Crippen molar-refractivity contribution in [3.63, 3.8) is 0 Å². The Hall–Kier alpha value is -1.06. The second-order valence-electron chi connectivity index (χ2n) is 9.96. The van der Waals surface area contributed by atoms with Crippen molar-refractivity contribution in [2.75, 3.05) is 0 Å². The molecule has 190 valence electrons. The fraction of sp³-hybridized carbons (Fsp3) is 0.929. The molecule has 4 unspecified atom stereocenters. The second kappa shape index (κ2) is 18.4. The number of carbonyl (C=O) groups excluding carboxylic acids is 2. The van der Waals surface area contributed by atoms with Crippen molar-refractivity contribution >= 4 is 11.8 Å². The third-order valence-electron chi connectivity index (χ3n) is 7.37. The molecule has 2 amide bonds. The van der Waals surface area contributed by atoms with Crippen LogP contribution in [0.3, 0.4) is 0 Å². The summed E-state index contributed by atoms with van der Waals surface area (Å²) >= 11 is 0. The zero-order chi connectivity index (χ0) is 24.5. The first-order valence-corrected chi connectivity index (χ1v) is 13.9. The van der Waals surface area contributed by atoms with Crippen LogP contribution in [0.5, 0.6) is 0 Å². The molecule has 0 aromatic carbocycles. The monoisotopic (exact) mass is 452 g/mol. The number of carbonyl (C=O) groups is 2. The van der Waals surface area contributed by atoms with Gasteiger partial charge in [-0.2, -0.15) is 0 Å². The van der Waals surface area contributed by atoms with Crippen LogP contribution >= 0.6 is 0 Å². The lowest BCUT2D eigenvalue weighted by Gasteiger charge is -2.34. The van der Waals surface area contributed by atoms with E-state index in [0.29, 0.717) is 48.8 Å². The first-order chi connectivity index (χ1) is 15.2. The van der Waals surface area contributed by atoms with Gasteiger partial charge in [-0.3, -0.25) is 9.59 Å². The molecule has 0 N–H and O–H groups in total. The molecule has 4 atom stereocenters. The summed E-state index contributed by atoms with van der Waals surface area (Å²) in [6.07, 6.45) is 14.7. The van der Waals surface area contributed by atoms with Crippen molar-refractivity contribution in [2.24, 2.45) is 0 Å². The Morgan fingerprint density at radius 1 is 0.469 bits per heavy atom. The summed E-state index contributed by atoms with van der Waals surface area (Å²) in [7, 11) is 0. The van der Waals surface area contributed by atoms with Crippen molar-refractivity contribution in [1.82, 2.24) is 9.80 Å². The van der Waals surface area contributed by atoms with Crippen molar-refractivity contribution < 1.29 is 9.59 Å². The van der Waals surface area contributed by atoms with Gasteiger partial charge in [0.15, 0.2) is 0 Å². The average Bonchev–Trinajstić information content (AvgIpc) is 2.79. The van der Waals surface area contributed by atoms with Gasteiger partial charge in [0.1, 0.15) is 0 Å². The molecule has 4 nitrogen and oxygen atoms in total. The lowest BCUT2D eigenvalue weighted by molar-refractivity contribution is -0.136. The predicted octanol–water partition coefficient (Wildman–Crippen LogP) is 7.74. The van der Waals surface area contributed by atoms with Crippen molar-refractivity contribution in [3.05, 3.63) is 0 Å². The molecule has 0 heterocycles. The number of hydrogen-bond acceptors (Lipinski definition) is 2. The summed E-state index contributed by atoms with van der Waals surface area (Å²) < 4.78 is 0. The predicted molar refractivity (Wildman–Crippen MR) is 139 cm³/mol. The van der Waals surface area contributed by atoms with E-state index in [1.165, 1.54) is 25.7 Å². The quantitative estimate of drug-likeness (QED) is 0.188. The molecule has 32 heavy (non-hydrogen) atoms. The van der Waals surface area contributed by atoms with Crippen molar-refractivity contribution in [3.8, 4) is 0 Å². The molecule has 0 aliphatic carbocycles. The number of nitrogens with zero attached hydrogens (tertiary/aromatic N) is 2. The van der Waals surface area contributed by atoms with E-state index >= 15 is 0 Å². The van der Waals surface area contributed by atoms with Crippen LogP contribution < -0.4 is 0 Å². The number of unbranched alkanes of at least 4 members (excludes halogenated alkanes) is 7. The molecule has 0 rings (SSSR count). The standard InChI is InChI=1S/C28H56N2O2/c1-9-23(5)29(24(6)10-2)27(31)21-19-17-15-13-14-16-18-20-22-28(32)30(25(7)11-3)26(8)12-4/h23-26H,9-22H2,1-8H3. The third-order valence-corrected chi connectivity index (χ3v) is 7.37. The van der Waals surface area contributed by atoms with Gasteiger partial charge in [-0.1, -0.05) is 66.2 Å². The molecule has 0 saturated carbocycles. The van der Waals surface area contributed by atoms with E-state index in [2.05, 4.69) is 65.2 Å². The van der Waals surface area contributed by atoms with Gasteiger partial charge >= 0.3 is 0 Å². The highest BCUT2D eigenvalue weighted by molar-refractivity contribution is 5.77. The second-order valence-corrected chi connectivity index (χ2v) is 9.96. The molecule has 4 heteroatoms. The van der Waals surface area contributed by atoms with E-state index in [1.54, 1.807) is 0 Å². The molecular formula is C28H56N2O2. The molecule has 0 bridgehead atoms. The summed E-state index contributed by atoms with van der Waals surface area (Å²) in [4.78, 5) is 29.6. The fourth-order valence-corrected chi connectivity index (χ4v) is 4.51. The van der Waals surface area contributed by atoms with E-state index in [0.717, 1.165) is 51.4 Å². The minimum atomic E-state index is 0.335. The maximum absolute atomic E-state index is 12.7. The van der Waals surface area contributed by atoms with Gasteiger partial charge in [-0.25, -0.2) is 0 Å². The first-order valence-electron chi connectivity index (χ1n) is 13.9. The molecular weight excluding hydrogens is 396 g/mol. The Morgan fingerprint density at radius 3 is 0.906 bits per heavy atom. The van der Waals surface area contributed by atoms with Gasteiger partial charge in [0.25, 0.3) is 0 Å². The van der Waals surface area contributed by atoms with Crippen LogP contribution in [0.15, 0.2) is 0 Å². The Kier molecular flexibility index (Phi) is 17.8. The van der Waals surface area contributed by atoms with Crippen LogP contribution in [-0.4, -0.2) is 45.8 Å². The summed E-state index contributed by atoms with van der Waals surface area (Å²) in [6, 6.07) is 1.36. The SMILES string of the molecule is CCC(C)N(C(=O)CCCCCCCCCCC(=O)N(C(C)CC)C(C)CC)C(C)CC. The lowest BCUT2D eigenvalue weighted by Crippen LogP contribution is -2.44. The average molecular weight is 453 g/mol. The first kappa shape index (κ1) is 30.9. The fourth-order valence-electron chi connectivity index (χ4n) is 4.51. The van der Waals surface area contributed by atoms with Gasteiger partial charge < -0.3 is 9.80 Å². The topological polar surface area (TPSA) is 40.6 Å². The Bertz CT molecular complexity index is 430. The van der Waals surface area contributed by atoms with Crippen molar-refractivity contribution in [1.29, 1.82) is 0 Å². The summed E-state index contributed by atoms with van der Waals surface area (Å²) in [5.74, 6) is 0.671. The number of amides is 2. The van der Waals surface area contributed by atoms with Crippen LogP contribution in [0.2, 0.25) is 0 Å². The molecule has 0 aliphatic heterocycles. The third kappa shape index (κ3) is 11.7. The Balaban J connectivity index is 3.96. The van der Waals surface area contributed by atoms with E-state index in [4.69, 9.17) is 0 Å². The molecule has 0 spiro atoms. The minimum absolute atomic E-state index is 0.335. The normalized spacial score (nSPS) is 15.1. The van der Waals surface area contributed by atoms with E-state index in [9.17, 15) is 9.59 Å². The number of rotatable bonds is 19. The maximum atomic E-state index is 12.7. The molecule has 0 fully saturated rings. The maximum Gasteiger partial charge on any atom is 0.223 e. The van der Waals surface area contributed by atoms with Gasteiger partial charge in [0.2, 0.25) is 11.8 Å². The largest absolute Gasteiger partial charge is 0.337 e.